The number of ether oxygens (including phenoxy) is 6. The summed E-state index contributed by atoms with van der Waals surface area (Å²) in [5.41, 5.74) is 3.91. The summed E-state index contributed by atoms with van der Waals surface area (Å²) in [7, 11) is 0. The zero-order chi connectivity index (χ0) is 80.9. The number of benzene rings is 3. The molecule has 5 aromatic rings. The molecule has 0 bridgehead atoms. The molecule has 0 spiro atoms. The molecular formula is C102H166N4O8. The highest BCUT2D eigenvalue weighted by atomic mass is 16.5. The van der Waals surface area contributed by atoms with Crippen molar-refractivity contribution in [2.24, 2.45) is 0 Å². The first-order valence-corrected chi connectivity index (χ1v) is 48.1. The first-order chi connectivity index (χ1) is 56.3. The summed E-state index contributed by atoms with van der Waals surface area (Å²) in [4.78, 5) is 39.5. The van der Waals surface area contributed by atoms with Gasteiger partial charge in [0, 0.05) is 22.3 Å². The SMILES string of the molecule is CCCCCCCCCCCCOc1cc(C(=O)Nc2cccc(-c3cccc(-c4cccc(NC(=O)c5cc(OCCCCCCCCCCCC)c(OCCCCCCCCCCCC)c(OCCCCCCCCCCCC)c5)n4)c3)n2)cc(OCCCCCCCCCCCC)c1OCCCCCCCCCCCC. The molecule has 0 atom stereocenters. The van der Waals surface area contributed by atoms with Crippen LogP contribution in [0.2, 0.25) is 0 Å². The number of carbonyl (C=O) groups excluding carboxylic acids is 2. The second-order valence-electron chi connectivity index (χ2n) is 33.1. The van der Waals surface area contributed by atoms with Gasteiger partial charge >= 0.3 is 0 Å². The number of amides is 2. The zero-order valence-corrected chi connectivity index (χ0v) is 73.9. The maximum Gasteiger partial charge on any atom is 0.257 e. The molecule has 12 nitrogen and oxygen atoms in total. The molecule has 2 aromatic heterocycles. The van der Waals surface area contributed by atoms with E-state index in [-0.39, 0.29) is 11.8 Å². The van der Waals surface area contributed by atoms with E-state index in [1.165, 1.54) is 308 Å². The van der Waals surface area contributed by atoms with Gasteiger partial charge in [-0.1, -0.05) is 419 Å². The lowest BCUT2D eigenvalue weighted by Gasteiger charge is -2.19. The highest BCUT2D eigenvalue weighted by Gasteiger charge is 2.23. The van der Waals surface area contributed by atoms with E-state index >= 15 is 0 Å². The molecule has 2 heterocycles. The Balaban J connectivity index is 1.35. The van der Waals surface area contributed by atoms with Crippen LogP contribution in [0.4, 0.5) is 11.6 Å². The van der Waals surface area contributed by atoms with Crippen molar-refractivity contribution in [1.82, 2.24) is 9.97 Å². The molecule has 0 fully saturated rings. The minimum atomic E-state index is -0.310. The Kier molecular flexibility index (Phi) is 59.2. The summed E-state index contributed by atoms with van der Waals surface area (Å²) in [6.07, 6.45) is 74.3. The highest BCUT2D eigenvalue weighted by molar-refractivity contribution is 6.05. The molecule has 0 saturated heterocycles. The number of carbonyl (C=O) groups is 2. The molecular weight excluding hydrogens is 1410 g/mol. The van der Waals surface area contributed by atoms with Crippen LogP contribution in [0.5, 0.6) is 34.5 Å². The monoisotopic (exact) mass is 1580 g/mol. The van der Waals surface area contributed by atoms with E-state index in [9.17, 15) is 9.59 Å². The van der Waals surface area contributed by atoms with Crippen LogP contribution in [0, 0.1) is 0 Å². The molecule has 0 aliphatic heterocycles. The summed E-state index contributed by atoms with van der Waals surface area (Å²) >= 11 is 0. The Hall–Kier alpha value is -6.30. The third-order valence-corrected chi connectivity index (χ3v) is 22.5. The van der Waals surface area contributed by atoms with Crippen molar-refractivity contribution in [1.29, 1.82) is 0 Å². The number of anilines is 2. The summed E-state index contributed by atoms with van der Waals surface area (Å²) in [6, 6.07) is 26.9. The van der Waals surface area contributed by atoms with Gasteiger partial charge in [-0.2, -0.15) is 0 Å². The van der Waals surface area contributed by atoms with E-state index in [1.807, 2.05) is 78.9 Å². The van der Waals surface area contributed by atoms with Gasteiger partial charge in [0.2, 0.25) is 11.5 Å². The molecule has 2 N–H and O–H groups in total. The Morgan fingerprint density at radius 2 is 0.430 bits per heavy atom. The Bertz CT molecular complexity index is 2850. The molecule has 5 rings (SSSR count). The standard InChI is InChI=1S/C102H166N4O8/c1-7-13-19-25-31-37-43-49-55-61-76-109-93-83-89(84-94(110-77-62-56-50-44-38-32-26-20-14-8-2)99(93)113-80-65-59-53-47-41-35-29-23-17-11-5)101(107)105-97-74-68-72-91(103-97)87-70-67-71-88(82-87)92-73-69-75-98(104-92)106-102(108)90-85-95(111-78-63-57-51-45-39-33-27-21-15-9-3)100(114-81-66-60-54-48-42-36-30-24-18-12-6)96(86-90)112-79-64-58-52-46-40-34-28-22-16-10-4/h67-75,82-86H,7-66,76-81H2,1-6H3,(H,103,105,107)(H,104,106,108). The van der Waals surface area contributed by atoms with Crippen LogP contribution in [-0.2, 0) is 0 Å². The second kappa shape index (κ2) is 68.7. The predicted molar refractivity (Wildman–Crippen MR) is 486 cm³/mol. The normalized spacial score (nSPS) is 11.4. The van der Waals surface area contributed by atoms with Gasteiger partial charge in [-0.25, -0.2) is 9.97 Å². The predicted octanol–water partition coefficient (Wildman–Crippen LogP) is 32.1. The molecule has 0 aliphatic carbocycles. The minimum absolute atomic E-state index is 0.310. The fraction of sp³-hybridized carbons (Fsp3) is 0.706. The van der Waals surface area contributed by atoms with Gasteiger partial charge in [0.15, 0.2) is 23.0 Å². The van der Waals surface area contributed by atoms with Crippen LogP contribution in [0.15, 0.2) is 84.9 Å². The summed E-state index contributed by atoms with van der Waals surface area (Å²) in [5.74, 6) is 3.61. The average Bonchev–Trinajstić information content (AvgIpc) is 0.834. The van der Waals surface area contributed by atoms with Crippen molar-refractivity contribution >= 4 is 23.5 Å². The van der Waals surface area contributed by atoms with Gasteiger partial charge in [-0.05, 0) is 93.1 Å². The lowest BCUT2D eigenvalue weighted by Crippen LogP contribution is -2.15. The molecule has 2 amide bonds. The van der Waals surface area contributed by atoms with Gasteiger partial charge in [0.25, 0.3) is 11.8 Å². The fourth-order valence-electron chi connectivity index (χ4n) is 15.3. The van der Waals surface area contributed by atoms with E-state index in [0.29, 0.717) is 108 Å². The third kappa shape index (κ3) is 46.6. The number of hydrogen-bond donors (Lipinski definition) is 2. The smallest absolute Gasteiger partial charge is 0.257 e. The second-order valence-corrected chi connectivity index (χ2v) is 33.1. The van der Waals surface area contributed by atoms with Crippen molar-refractivity contribution < 1.29 is 38.0 Å². The topological polar surface area (TPSA) is 139 Å². The largest absolute Gasteiger partial charge is 0.490 e. The van der Waals surface area contributed by atoms with Crippen molar-refractivity contribution in [2.45, 2.75) is 427 Å². The molecule has 642 valence electrons. The highest BCUT2D eigenvalue weighted by Crippen LogP contribution is 2.42. The Morgan fingerprint density at radius 3 is 0.649 bits per heavy atom. The van der Waals surface area contributed by atoms with Gasteiger partial charge in [-0.15, -0.1) is 0 Å². The van der Waals surface area contributed by atoms with Crippen LogP contribution in [-0.4, -0.2) is 61.4 Å². The van der Waals surface area contributed by atoms with Crippen molar-refractivity contribution in [3.63, 3.8) is 0 Å². The van der Waals surface area contributed by atoms with Crippen LogP contribution in [0.1, 0.15) is 448 Å². The lowest BCUT2D eigenvalue weighted by molar-refractivity contribution is 0.101. The van der Waals surface area contributed by atoms with Crippen molar-refractivity contribution in [2.75, 3.05) is 50.3 Å². The average molecular weight is 1580 g/mol. The molecule has 0 unspecified atom stereocenters. The minimum Gasteiger partial charge on any atom is -0.490 e. The van der Waals surface area contributed by atoms with Crippen LogP contribution in [0.3, 0.4) is 0 Å². The van der Waals surface area contributed by atoms with E-state index < -0.39 is 0 Å². The van der Waals surface area contributed by atoms with E-state index in [4.69, 9.17) is 38.4 Å². The number of aromatic nitrogens is 2. The van der Waals surface area contributed by atoms with Gasteiger partial charge in [0.05, 0.1) is 51.0 Å². The van der Waals surface area contributed by atoms with Gasteiger partial charge in [0.1, 0.15) is 11.6 Å². The number of nitrogens with zero attached hydrogens (tertiary/aromatic N) is 2. The molecule has 0 saturated carbocycles. The Morgan fingerprint density at radius 1 is 0.237 bits per heavy atom. The maximum absolute atomic E-state index is 14.7. The number of rotatable bonds is 78. The number of hydrogen-bond acceptors (Lipinski definition) is 10. The quantitative estimate of drug-likeness (QED) is 0.0362. The van der Waals surface area contributed by atoms with Crippen LogP contribution >= 0.6 is 0 Å². The molecule has 12 heteroatoms. The number of nitrogens with one attached hydrogen (secondary N) is 2. The van der Waals surface area contributed by atoms with E-state index in [0.717, 1.165) is 88.2 Å². The molecule has 0 radical (unpaired) electrons. The van der Waals surface area contributed by atoms with Crippen molar-refractivity contribution in [3.05, 3.63) is 96.1 Å². The molecule has 0 aliphatic rings. The van der Waals surface area contributed by atoms with E-state index in [2.05, 4.69) is 58.2 Å². The molecule has 3 aromatic carbocycles. The summed E-state index contributed by atoms with van der Waals surface area (Å²) in [6.45, 7) is 16.9. The van der Waals surface area contributed by atoms with Crippen LogP contribution in [0.25, 0.3) is 22.5 Å². The molecule has 114 heavy (non-hydrogen) atoms. The first-order valence-electron chi connectivity index (χ1n) is 48.1. The van der Waals surface area contributed by atoms with Gasteiger partial charge < -0.3 is 39.1 Å². The third-order valence-electron chi connectivity index (χ3n) is 22.5. The maximum atomic E-state index is 14.7. The summed E-state index contributed by atoms with van der Waals surface area (Å²) < 4.78 is 40.2. The first kappa shape index (κ1) is 98.3. The van der Waals surface area contributed by atoms with Crippen LogP contribution < -0.4 is 39.1 Å². The number of unbranched alkanes of at least 4 members (excludes halogenated alkanes) is 54. The Labute approximate surface area is 697 Å². The van der Waals surface area contributed by atoms with Crippen molar-refractivity contribution in [3.8, 4) is 57.0 Å². The van der Waals surface area contributed by atoms with Gasteiger partial charge in [-0.3, -0.25) is 9.59 Å². The lowest BCUT2D eigenvalue weighted by atomic mass is 10.0. The summed E-state index contributed by atoms with van der Waals surface area (Å²) in [5, 5.41) is 6.31. The zero-order valence-electron chi connectivity index (χ0n) is 73.9. The number of pyridine rings is 2. The van der Waals surface area contributed by atoms with E-state index in [1.54, 1.807) is 0 Å². The fourth-order valence-corrected chi connectivity index (χ4v) is 15.3.